The van der Waals surface area contributed by atoms with Gasteiger partial charge in [-0.15, -0.1) is 10.2 Å². The first kappa shape index (κ1) is 19.0. The predicted molar refractivity (Wildman–Crippen MR) is 105 cm³/mol. The summed E-state index contributed by atoms with van der Waals surface area (Å²) < 4.78 is 1.99. The van der Waals surface area contributed by atoms with Crippen LogP contribution in [0.4, 0.5) is 0 Å². The third kappa shape index (κ3) is 4.47. The molecule has 1 unspecified atom stereocenters. The molecule has 3 rings (SSSR count). The number of amides is 1. The SMILES string of the molecule is CSc1nnc(CCNC(=O)C(c2ccccc2)C2CCCCC2)n1C. The van der Waals surface area contributed by atoms with E-state index in [0.29, 0.717) is 18.9 Å². The summed E-state index contributed by atoms with van der Waals surface area (Å²) in [5.74, 6) is 1.46. The number of benzene rings is 1. The molecule has 1 fully saturated rings. The highest BCUT2D eigenvalue weighted by Gasteiger charge is 2.30. The van der Waals surface area contributed by atoms with Crippen molar-refractivity contribution in [2.24, 2.45) is 13.0 Å². The van der Waals surface area contributed by atoms with E-state index in [1.807, 2.05) is 36.1 Å². The second-order valence-electron chi connectivity index (χ2n) is 6.99. The summed E-state index contributed by atoms with van der Waals surface area (Å²) in [6.07, 6.45) is 8.74. The van der Waals surface area contributed by atoms with E-state index in [4.69, 9.17) is 0 Å². The van der Waals surface area contributed by atoms with Crippen molar-refractivity contribution in [3.63, 3.8) is 0 Å². The minimum absolute atomic E-state index is 0.0437. The first-order valence-electron chi connectivity index (χ1n) is 9.45. The highest BCUT2D eigenvalue weighted by Crippen LogP contribution is 2.36. The Morgan fingerprint density at radius 1 is 1.23 bits per heavy atom. The number of rotatable bonds is 7. The highest BCUT2D eigenvalue weighted by molar-refractivity contribution is 7.98. The topological polar surface area (TPSA) is 59.8 Å². The van der Waals surface area contributed by atoms with Crippen LogP contribution in [0.25, 0.3) is 0 Å². The molecule has 0 radical (unpaired) electrons. The van der Waals surface area contributed by atoms with E-state index in [1.54, 1.807) is 11.8 Å². The van der Waals surface area contributed by atoms with Crippen molar-refractivity contribution in [1.82, 2.24) is 20.1 Å². The summed E-state index contributed by atoms with van der Waals surface area (Å²) in [5.41, 5.74) is 1.14. The van der Waals surface area contributed by atoms with Gasteiger partial charge in [-0.05, 0) is 30.6 Å². The highest BCUT2D eigenvalue weighted by atomic mass is 32.2. The van der Waals surface area contributed by atoms with Gasteiger partial charge in [0.05, 0.1) is 5.92 Å². The van der Waals surface area contributed by atoms with E-state index in [1.165, 1.54) is 19.3 Å². The average molecular weight is 373 g/mol. The number of nitrogens with one attached hydrogen (secondary N) is 1. The molecule has 1 N–H and O–H groups in total. The van der Waals surface area contributed by atoms with Crippen molar-refractivity contribution in [1.29, 1.82) is 0 Å². The normalized spacial score (nSPS) is 16.4. The van der Waals surface area contributed by atoms with E-state index in [9.17, 15) is 4.79 Å². The number of nitrogens with zero attached hydrogens (tertiary/aromatic N) is 3. The minimum Gasteiger partial charge on any atom is -0.355 e. The van der Waals surface area contributed by atoms with E-state index < -0.39 is 0 Å². The maximum atomic E-state index is 13.0. The largest absolute Gasteiger partial charge is 0.355 e. The van der Waals surface area contributed by atoms with Crippen molar-refractivity contribution >= 4 is 17.7 Å². The van der Waals surface area contributed by atoms with Gasteiger partial charge in [0.2, 0.25) is 5.91 Å². The summed E-state index contributed by atoms with van der Waals surface area (Å²) in [6.45, 7) is 0.593. The number of carbonyl (C=O) groups excluding carboxylic acids is 1. The fraction of sp³-hybridized carbons (Fsp3) is 0.550. The molecular formula is C20H28N4OS. The van der Waals surface area contributed by atoms with Gasteiger partial charge in [-0.3, -0.25) is 4.79 Å². The summed E-state index contributed by atoms with van der Waals surface area (Å²) in [4.78, 5) is 13.0. The van der Waals surface area contributed by atoms with Gasteiger partial charge >= 0.3 is 0 Å². The summed E-state index contributed by atoms with van der Waals surface area (Å²) >= 11 is 1.58. The van der Waals surface area contributed by atoms with Crippen LogP contribution in [0, 0.1) is 5.92 Å². The van der Waals surface area contributed by atoms with Gasteiger partial charge in [-0.25, -0.2) is 0 Å². The molecule has 6 heteroatoms. The van der Waals surface area contributed by atoms with Gasteiger partial charge < -0.3 is 9.88 Å². The van der Waals surface area contributed by atoms with Crippen LogP contribution in [0.5, 0.6) is 0 Å². The van der Waals surface area contributed by atoms with Gasteiger partial charge in [0.15, 0.2) is 5.16 Å². The molecule has 1 aromatic heterocycles. The maximum absolute atomic E-state index is 13.0. The molecular weight excluding hydrogens is 344 g/mol. The lowest BCUT2D eigenvalue weighted by Crippen LogP contribution is -2.35. The number of hydrogen-bond acceptors (Lipinski definition) is 4. The average Bonchev–Trinajstić information content (AvgIpc) is 3.03. The van der Waals surface area contributed by atoms with Crippen LogP contribution in [0.3, 0.4) is 0 Å². The molecule has 1 atom stereocenters. The molecule has 1 heterocycles. The minimum atomic E-state index is -0.0437. The van der Waals surface area contributed by atoms with Crippen LogP contribution < -0.4 is 5.32 Å². The van der Waals surface area contributed by atoms with E-state index in [-0.39, 0.29) is 11.8 Å². The predicted octanol–water partition coefficient (Wildman–Crippen LogP) is 3.56. The quantitative estimate of drug-likeness (QED) is 0.755. The van der Waals surface area contributed by atoms with Gasteiger partial charge in [-0.2, -0.15) is 0 Å². The Morgan fingerprint density at radius 2 is 1.96 bits per heavy atom. The Bertz CT molecular complexity index is 710. The second kappa shape index (κ2) is 9.21. The number of hydrogen-bond donors (Lipinski definition) is 1. The fourth-order valence-corrected chi connectivity index (χ4v) is 4.42. The van der Waals surface area contributed by atoms with Crippen LogP contribution in [0.15, 0.2) is 35.5 Å². The van der Waals surface area contributed by atoms with Gasteiger partial charge in [0.25, 0.3) is 0 Å². The molecule has 140 valence electrons. The van der Waals surface area contributed by atoms with Crippen LogP contribution in [-0.2, 0) is 18.3 Å². The molecule has 26 heavy (non-hydrogen) atoms. The zero-order chi connectivity index (χ0) is 18.4. The number of carbonyl (C=O) groups is 1. The fourth-order valence-electron chi connectivity index (χ4n) is 3.91. The van der Waals surface area contributed by atoms with Crippen molar-refractivity contribution in [3.8, 4) is 0 Å². The lowest BCUT2D eigenvalue weighted by atomic mass is 9.76. The van der Waals surface area contributed by atoms with Crippen LogP contribution >= 0.6 is 11.8 Å². The Morgan fingerprint density at radius 3 is 2.62 bits per heavy atom. The van der Waals surface area contributed by atoms with Gasteiger partial charge in [-0.1, -0.05) is 61.4 Å². The molecule has 5 nitrogen and oxygen atoms in total. The standard InChI is InChI=1S/C20H28N4OS/c1-24-17(22-23-20(24)26-2)13-14-21-19(25)18(15-9-5-3-6-10-15)16-11-7-4-8-12-16/h3,5-6,9-10,16,18H,4,7-8,11-14H2,1-2H3,(H,21,25). The maximum Gasteiger partial charge on any atom is 0.227 e. The zero-order valence-corrected chi connectivity index (χ0v) is 16.5. The third-order valence-electron chi connectivity index (χ3n) is 5.32. The molecule has 1 aliphatic carbocycles. The van der Waals surface area contributed by atoms with Crippen molar-refractivity contribution in [2.45, 2.75) is 49.6 Å². The van der Waals surface area contributed by atoms with Crippen molar-refractivity contribution < 1.29 is 4.79 Å². The smallest absolute Gasteiger partial charge is 0.227 e. The number of thioether (sulfide) groups is 1. The second-order valence-corrected chi connectivity index (χ2v) is 7.76. The Balaban J connectivity index is 1.64. The zero-order valence-electron chi connectivity index (χ0n) is 15.6. The van der Waals surface area contributed by atoms with E-state index in [2.05, 4.69) is 27.6 Å². The van der Waals surface area contributed by atoms with E-state index in [0.717, 1.165) is 29.4 Å². The van der Waals surface area contributed by atoms with E-state index >= 15 is 0 Å². The van der Waals surface area contributed by atoms with Crippen LogP contribution in [-0.4, -0.2) is 33.5 Å². The van der Waals surface area contributed by atoms with Crippen molar-refractivity contribution in [3.05, 3.63) is 41.7 Å². The molecule has 1 saturated carbocycles. The third-order valence-corrected chi connectivity index (χ3v) is 6.04. The molecule has 1 aliphatic rings. The lowest BCUT2D eigenvalue weighted by molar-refractivity contribution is -0.124. The van der Waals surface area contributed by atoms with Gasteiger partial charge in [0, 0.05) is 20.0 Å². The summed E-state index contributed by atoms with van der Waals surface area (Å²) in [6, 6.07) is 10.2. The Labute approximate surface area is 160 Å². The van der Waals surface area contributed by atoms with Crippen molar-refractivity contribution in [2.75, 3.05) is 12.8 Å². The Hall–Kier alpha value is -1.82. The summed E-state index contributed by atoms with van der Waals surface area (Å²) in [7, 11) is 1.97. The molecule has 1 amide bonds. The first-order valence-corrected chi connectivity index (χ1v) is 10.7. The van der Waals surface area contributed by atoms with Crippen LogP contribution in [0.2, 0.25) is 0 Å². The first-order chi connectivity index (χ1) is 12.7. The number of aromatic nitrogens is 3. The molecule has 0 bridgehead atoms. The Kier molecular flexibility index (Phi) is 6.72. The monoisotopic (exact) mass is 372 g/mol. The summed E-state index contributed by atoms with van der Waals surface area (Å²) in [5, 5.41) is 12.4. The van der Waals surface area contributed by atoms with Crippen LogP contribution in [0.1, 0.15) is 49.4 Å². The molecule has 0 aliphatic heterocycles. The molecule has 0 saturated heterocycles. The molecule has 1 aromatic carbocycles. The van der Waals surface area contributed by atoms with Gasteiger partial charge in [0.1, 0.15) is 5.82 Å². The molecule has 0 spiro atoms. The molecule has 2 aromatic rings. The lowest BCUT2D eigenvalue weighted by Gasteiger charge is -2.29.